The van der Waals surface area contributed by atoms with E-state index in [0.29, 0.717) is 23.6 Å². The predicted octanol–water partition coefficient (Wildman–Crippen LogP) is 2.31. The maximum atomic E-state index is 5.78. The first-order chi connectivity index (χ1) is 8.64. The zero-order valence-electron chi connectivity index (χ0n) is 12.3. The Kier molecular flexibility index (Phi) is 5.05. The lowest BCUT2D eigenvalue weighted by Gasteiger charge is -2.52. The SMILES string of the molecule is CCOC1CC(NCC2CCCCCN2)C1(C)C. The fourth-order valence-corrected chi connectivity index (χ4v) is 3.28. The first-order valence-electron chi connectivity index (χ1n) is 7.73. The Morgan fingerprint density at radius 2 is 2.11 bits per heavy atom. The van der Waals surface area contributed by atoms with Crippen molar-refractivity contribution in [2.24, 2.45) is 5.41 Å². The van der Waals surface area contributed by atoms with Gasteiger partial charge in [0, 0.05) is 30.7 Å². The van der Waals surface area contributed by atoms with Crippen LogP contribution in [0.4, 0.5) is 0 Å². The summed E-state index contributed by atoms with van der Waals surface area (Å²) in [7, 11) is 0. The van der Waals surface area contributed by atoms with E-state index in [4.69, 9.17) is 4.74 Å². The highest BCUT2D eigenvalue weighted by atomic mass is 16.5. The normalized spacial score (nSPS) is 35.8. The second kappa shape index (κ2) is 6.36. The van der Waals surface area contributed by atoms with Gasteiger partial charge in [-0.3, -0.25) is 0 Å². The molecule has 106 valence electrons. The summed E-state index contributed by atoms with van der Waals surface area (Å²) in [4.78, 5) is 0. The van der Waals surface area contributed by atoms with Crippen molar-refractivity contribution in [2.45, 2.75) is 71.1 Å². The third-order valence-electron chi connectivity index (χ3n) is 4.82. The lowest BCUT2D eigenvalue weighted by molar-refractivity contribution is -0.114. The molecule has 1 saturated heterocycles. The van der Waals surface area contributed by atoms with Crippen LogP contribution in [0.2, 0.25) is 0 Å². The Hall–Kier alpha value is -0.120. The van der Waals surface area contributed by atoms with Gasteiger partial charge in [0.15, 0.2) is 0 Å². The summed E-state index contributed by atoms with van der Waals surface area (Å²) in [6, 6.07) is 1.30. The molecule has 3 nitrogen and oxygen atoms in total. The Morgan fingerprint density at radius 1 is 1.28 bits per heavy atom. The quantitative estimate of drug-likeness (QED) is 0.790. The van der Waals surface area contributed by atoms with Crippen molar-refractivity contribution in [1.29, 1.82) is 0 Å². The Labute approximate surface area is 112 Å². The van der Waals surface area contributed by atoms with Gasteiger partial charge < -0.3 is 15.4 Å². The fourth-order valence-electron chi connectivity index (χ4n) is 3.28. The molecule has 3 unspecified atom stereocenters. The highest BCUT2D eigenvalue weighted by molar-refractivity contribution is 5.03. The van der Waals surface area contributed by atoms with Crippen LogP contribution < -0.4 is 10.6 Å². The number of ether oxygens (including phenoxy) is 1. The van der Waals surface area contributed by atoms with Gasteiger partial charge in [0.25, 0.3) is 0 Å². The van der Waals surface area contributed by atoms with Gasteiger partial charge in [0.2, 0.25) is 0 Å². The van der Waals surface area contributed by atoms with Crippen LogP contribution in [-0.4, -0.2) is 37.9 Å². The monoisotopic (exact) mass is 254 g/mol. The van der Waals surface area contributed by atoms with Gasteiger partial charge in [-0.1, -0.05) is 26.7 Å². The lowest BCUT2D eigenvalue weighted by atomic mass is 9.64. The summed E-state index contributed by atoms with van der Waals surface area (Å²) in [5.74, 6) is 0. The predicted molar refractivity (Wildman–Crippen MR) is 75.9 cm³/mol. The molecule has 3 atom stereocenters. The van der Waals surface area contributed by atoms with Crippen molar-refractivity contribution in [3.63, 3.8) is 0 Å². The number of hydrogen-bond acceptors (Lipinski definition) is 3. The highest BCUT2D eigenvalue weighted by Crippen LogP contribution is 2.42. The molecule has 0 amide bonds. The molecule has 0 aromatic rings. The number of rotatable bonds is 5. The number of nitrogens with one attached hydrogen (secondary N) is 2. The summed E-state index contributed by atoms with van der Waals surface area (Å²) in [6.45, 7) is 9.90. The van der Waals surface area contributed by atoms with Crippen LogP contribution in [0, 0.1) is 5.41 Å². The molecule has 1 saturated carbocycles. The molecule has 0 aromatic heterocycles. The smallest absolute Gasteiger partial charge is 0.0655 e. The van der Waals surface area contributed by atoms with Gasteiger partial charge in [-0.25, -0.2) is 0 Å². The Balaban J connectivity index is 1.71. The van der Waals surface area contributed by atoms with E-state index in [1.165, 1.54) is 38.6 Å². The van der Waals surface area contributed by atoms with Crippen molar-refractivity contribution >= 4 is 0 Å². The molecule has 0 radical (unpaired) electrons. The highest BCUT2D eigenvalue weighted by Gasteiger charge is 2.48. The fraction of sp³-hybridized carbons (Fsp3) is 1.00. The van der Waals surface area contributed by atoms with Crippen molar-refractivity contribution in [3.05, 3.63) is 0 Å². The maximum absolute atomic E-state index is 5.78. The maximum Gasteiger partial charge on any atom is 0.0655 e. The van der Waals surface area contributed by atoms with E-state index in [1.807, 2.05) is 0 Å². The van der Waals surface area contributed by atoms with Crippen LogP contribution in [0.25, 0.3) is 0 Å². The second-order valence-corrected chi connectivity index (χ2v) is 6.46. The third-order valence-corrected chi connectivity index (χ3v) is 4.82. The van der Waals surface area contributed by atoms with Crippen LogP contribution in [0.15, 0.2) is 0 Å². The first kappa shape index (κ1) is 14.3. The number of hydrogen-bond donors (Lipinski definition) is 2. The van der Waals surface area contributed by atoms with Crippen LogP contribution >= 0.6 is 0 Å². The van der Waals surface area contributed by atoms with Gasteiger partial charge in [-0.2, -0.15) is 0 Å². The van der Waals surface area contributed by atoms with Crippen molar-refractivity contribution < 1.29 is 4.74 Å². The Bertz CT molecular complexity index is 247. The first-order valence-corrected chi connectivity index (χ1v) is 7.73. The van der Waals surface area contributed by atoms with E-state index in [2.05, 4.69) is 31.4 Å². The molecule has 1 heterocycles. The molecular formula is C15H30N2O. The molecule has 2 rings (SSSR count). The van der Waals surface area contributed by atoms with Crippen LogP contribution in [0.3, 0.4) is 0 Å². The molecule has 0 aromatic carbocycles. The van der Waals surface area contributed by atoms with Gasteiger partial charge in [0.05, 0.1) is 6.10 Å². The van der Waals surface area contributed by atoms with Gasteiger partial charge >= 0.3 is 0 Å². The standard InChI is InChI=1S/C15H30N2O/c1-4-18-14-10-13(15(14,2)3)17-11-12-8-6-5-7-9-16-12/h12-14,16-17H,4-11H2,1-3H3. The van der Waals surface area contributed by atoms with E-state index in [0.717, 1.165) is 13.2 Å². The van der Waals surface area contributed by atoms with Crippen molar-refractivity contribution in [1.82, 2.24) is 10.6 Å². The van der Waals surface area contributed by atoms with Gasteiger partial charge in [-0.15, -0.1) is 0 Å². The second-order valence-electron chi connectivity index (χ2n) is 6.46. The van der Waals surface area contributed by atoms with Crippen molar-refractivity contribution in [2.75, 3.05) is 19.7 Å². The average molecular weight is 254 g/mol. The van der Waals surface area contributed by atoms with Gasteiger partial charge in [0.1, 0.15) is 0 Å². The molecule has 2 N–H and O–H groups in total. The molecule has 2 aliphatic rings. The van der Waals surface area contributed by atoms with Gasteiger partial charge in [-0.05, 0) is 32.7 Å². The van der Waals surface area contributed by atoms with Crippen molar-refractivity contribution in [3.8, 4) is 0 Å². The van der Waals surface area contributed by atoms with Crippen LogP contribution in [0.1, 0.15) is 52.9 Å². The van der Waals surface area contributed by atoms with E-state index in [-0.39, 0.29) is 0 Å². The molecule has 18 heavy (non-hydrogen) atoms. The summed E-state index contributed by atoms with van der Waals surface area (Å²) < 4.78 is 5.78. The molecule has 0 bridgehead atoms. The van der Waals surface area contributed by atoms with Crippen LogP contribution in [-0.2, 0) is 4.74 Å². The molecule has 3 heteroatoms. The van der Waals surface area contributed by atoms with E-state index in [1.54, 1.807) is 0 Å². The molecule has 2 fully saturated rings. The zero-order chi connectivity index (χ0) is 13.0. The van der Waals surface area contributed by atoms with E-state index in [9.17, 15) is 0 Å². The summed E-state index contributed by atoms with van der Waals surface area (Å²) in [5.41, 5.74) is 0.292. The minimum Gasteiger partial charge on any atom is -0.378 e. The summed E-state index contributed by atoms with van der Waals surface area (Å²) >= 11 is 0. The van der Waals surface area contributed by atoms with E-state index >= 15 is 0 Å². The van der Waals surface area contributed by atoms with Crippen LogP contribution in [0.5, 0.6) is 0 Å². The molecule has 1 aliphatic carbocycles. The molecular weight excluding hydrogens is 224 g/mol. The summed E-state index contributed by atoms with van der Waals surface area (Å²) in [6.07, 6.45) is 7.07. The largest absolute Gasteiger partial charge is 0.378 e. The minimum atomic E-state index is 0.292. The third kappa shape index (κ3) is 3.25. The minimum absolute atomic E-state index is 0.292. The van der Waals surface area contributed by atoms with E-state index < -0.39 is 0 Å². The lowest BCUT2D eigenvalue weighted by Crippen LogP contribution is -2.62. The molecule has 1 aliphatic heterocycles. The zero-order valence-corrected chi connectivity index (χ0v) is 12.3. The topological polar surface area (TPSA) is 33.3 Å². The molecule has 0 spiro atoms. The average Bonchev–Trinajstić information content (AvgIpc) is 2.61. The Morgan fingerprint density at radius 3 is 2.83 bits per heavy atom. The summed E-state index contributed by atoms with van der Waals surface area (Å²) in [5, 5.41) is 7.41.